The van der Waals surface area contributed by atoms with Crippen molar-refractivity contribution < 1.29 is 4.79 Å². The molecule has 1 unspecified atom stereocenters. The Morgan fingerprint density at radius 1 is 1.36 bits per heavy atom. The molecule has 1 aliphatic heterocycles. The number of anilines is 1. The van der Waals surface area contributed by atoms with Gasteiger partial charge in [0.15, 0.2) is 0 Å². The van der Waals surface area contributed by atoms with Crippen molar-refractivity contribution in [1.82, 2.24) is 24.8 Å². The Labute approximate surface area is 129 Å². The minimum absolute atomic E-state index is 0.0886. The summed E-state index contributed by atoms with van der Waals surface area (Å²) >= 11 is 0. The maximum atomic E-state index is 12.4. The molecule has 116 valence electrons. The zero-order valence-corrected chi connectivity index (χ0v) is 12.8. The quantitative estimate of drug-likeness (QED) is 0.884. The summed E-state index contributed by atoms with van der Waals surface area (Å²) in [5.41, 5.74) is 1.64. The van der Waals surface area contributed by atoms with Crippen molar-refractivity contribution >= 4 is 11.7 Å². The number of hydrogen-bond acceptors (Lipinski definition) is 4. The molecule has 2 amide bonds. The average molecular weight is 300 g/mol. The number of likely N-dealkylation sites (N-methyl/N-ethyl adjacent to an activating group) is 1. The van der Waals surface area contributed by atoms with Gasteiger partial charge in [0.25, 0.3) is 0 Å². The van der Waals surface area contributed by atoms with Gasteiger partial charge in [-0.1, -0.05) is 0 Å². The van der Waals surface area contributed by atoms with Gasteiger partial charge < -0.3 is 15.2 Å². The summed E-state index contributed by atoms with van der Waals surface area (Å²) < 4.78 is 0. The van der Waals surface area contributed by atoms with E-state index >= 15 is 0 Å². The lowest BCUT2D eigenvalue weighted by Crippen LogP contribution is -2.50. The number of aryl methyl sites for hydroxylation is 1. The Kier molecular flexibility index (Phi) is 4.06. The van der Waals surface area contributed by atoms with Gasteiger partial charge in [0, 0.05) is 37.7 Å². The minimum atomic E-state index is -0.102. The fourth-order valence-electron chi connectivity index (χ4n) is 2.56. The van der Waals surface area contributed by atoms with Gasteiger partial charge in [-0.15, -0.1) is 0 Å². The summed E-state index contributed by atoms with van der Waals surface area (Å²) in [5, 5.41) is 2.89. The van der Waals surface area contributed by atoms with Gasteiger partial charge in [0.2, 0.25) is 0 Å². The first kappa shape index (κ1) is 14.5. The lowest BCUT2D eigenvalue weighted by atomic mass is 10.1. The number of hydrogen-bond donors (Lipinski definition) is 2. The van der Waals surface area contributed by atoms with Crippen molar-refractivity contribution in [3.8, 4) is 0 Å². The molecule has 0 spiro atoms. The van der Waals surface area contributed by atoms with E-state index in [9.17, 15) is 4.79 Å². The van der Waals surface area contributed by atoms with E-state index in [4.69, 9.17) is 0 Å². The summed E-state index contributed by atoms with van der Waals surface area (Å²) in [7, 11) is 2.05. The second-order valence-electron chi connectivity index (χ2n) is 5.54. The van der Waals surface area contributed by atoms with Gasteiger partial charge in [0.05, 0.1) is 17.9 Å². The van der Waals surface area contributed by atoms with Crippen LogP contribution >= 0.6 is 0 Å². The third kappa shape index (κ3) is 3.09. The number of pyridine rings is 1. The summed E-state index contributed by atoms with van der Waals surface area (Å²) in [6, 6.07) is 3.73. The van der Waals surface area contributed by atoms with E-state index in [1.807, 2.05) is 31.0 Å². The van der Waals surface area contributed by atoms with Crippen LogP contribution in [0.2, 0.25) is 0 Å². The SMILES string of the molecule is Cc1ccc(NC(=O)N2CCN(C)C(c3ncc[nH]3)C2)cn1. The average Bonchev–Trinajstić information content (AvgIpc) is 3.04. The molecule has 0 bridgehead atoms. The number of aromatic amines is 1. The predicted octanol–water partition coefficient (Wildman–Crippen LogP) is 1.63. The Balaban J connectivity index is 1.66. The first-order valence-corrected chi connectivity index (χ1v) is 7.31. The van der Waals surface area contributed by atoms with Crippen LogP contribution in [0.4, 0.5) is 10.5 Å². The number of nitrogens with one attached hydrogen (secondary N) is 2. The van der Waals surface area contributed by atoms with Gasteiger partial charge in [-0.3, -0.25) is 9.88 Å². The largest absolute Gasteiger partial charge is 0.347 e. The molecule has 0 radical (unpaired) electrons. The second-order valence-corrected chi connectivity index (χ2v) is 5.54. The molecule has 1 fully saturated rings. The van der Waals surface area contributed by atoms with Crippen molar-refractivity contribution in [1.29, 1.82) is 0 Å². The lowest BCUT2D eigenvalue weighted by molar-refractivity contribution is 0.112. The maximum Gasteiger partial charge on any atom is 0.321 e. The number of carbonyl (C=O) groups excluding carboxylic acids is 1. The molecule has 3 rings (SSSR count). The van der Waals surface area contributed by atoms with Crippen molar-refractivity contribution in [2.24, 2.45) is 0 Å². The number of piperazine rings is 1. The maximum absolute atomic E-state index is 12.4. The van der Waals surface area contributed by atoms with Crippen LogP contribution in [0, 0.1) is 6.92 Å². The highest BCUT2D eigenvalue weighted by atomic mass is 16.2. The van der Waals surface area contributed by atoms with E-state index in [0.29, 0.717) is 18.8 Å². The van der Waals surface area contributed by atoms with Crippen LogP contribution in [0.15, 0.2) is 30.7 Å². The minimum Gasteiger partial charge on any atom is -0.347 e. The van der Waals surface area contributed by atoms with Crippen molar-refractivity contribution in [3.63, 3.8) is 0 Å². The molecule has 3 heterocycles. The summed E-state index contributed by atoms with van der Waals surface area (Å²) in [4.78, 5) is 28.1. The zero-order valence-electron chi connectivity index (χ0n) is 12.8. The Morgan fingerprint density at radius 2 is 2.23 bits per heavy atom. The van der Waals surface area contributed by atoms with Gasteiger partial charge in [-0.25, -0.2) is 9.78 Å². The number of rotatable bonds is 2. The lowest BCUT2D eigenvalue weighted by Gasteiger charge is -2.38. The number of carbonyl (C=O) groups is 1. The molecule has 1 aliphatic rings. The van der Waals surface area contributed by atoms with Crippen LogP contribution in [0.3, 0.4) is 0 Å². The van der Waals surface area contributed by atoms with E-state index < -0.39 is 0 Å². The van der Waals surface area contributed by atoms with Crippen LogP contribution in [-0.2, 0) is 0 Å². The topological polar surface area (TPSA) is 77.2 Å². The van der Waals surface area contributed by atoms with Crippen molar-refractivity contribution in [2.75, 3.05) is 32.0 Å². The summed E-state index contributed by atoms with van der Waals surface area (Å²) in [6.07, 6.45) is 5.22. The Hall–Kier alpha value is -2.41. The van der Waals surface area contributed by atoms with Crippen molar-refractivity contribution in [3.05, 3.63) is 42.2 Å². The molecular formula is C15H20N6O. The molecule has 0 aromatic carbocycles. The molecule has 2 N–H and O–H groups in total. The first-order chi connectivity index (χ1) is 10.6. The Morgan fingerprint density at radius 3 is 2.91 bits per heavy atom. The van der Waals surface area contributed by atoms with Crippen LogP contribution < -0.4 is 5.32 Å². The highest BCUT2D eigenvalue weighted by molar-refractivity contribution is 5.89. The van der Waals surface area contributed by atoms with Crippen molar-refractivity contribution in [2.45, 2.75) is 13.0 Å². The van der Waals surface area contributed by atoms with E-state index in [1.165, 1.54) is 0 Å². The van der Waals surface area contributed by atoms with Gasteiger partial charge in [-0.05, 0) is 26.1 Å². The Bertz CT molecular complexity index is 624. The molecule has 7 nitrogen and oxygen atoms in total. The van der Waals surface area contributed by atoms with E-state index in [0.717, 1.165) is 18.1 Å². The van der Waals surface area contributed by atoms with Crippen LogP contribution in [0.5, 0.6) is 0 Å². The van der Waals surface area contributed by atoms with E-state index in [1.54, 1.807) is 18.6 Å². The first-order valence-electron chi connectivity index (χ1n) is 7.31. The molecule has 1 saturated heterocycles. The third-order valence-electron chi connectivity index (χ3n) is 3.93. The molecule has 0 saturated carbocycles. The smallest absolute Gasteiger partial charge is 0.321 e. The highest BCUT2D eigenvalue weighted by Gasteiger charge is 2.29. The van der Waals surface area contributed by atoms with Gasteiger partial charge in [-0.2, -0.15) is 0 Å². The van der Waals surface area contributed by atoms with Crippen LogP contribution in [0.1, 0.15) is 17.6 Å². The molecule has 1 atom stereocenters. The monoisotopic (exact) mass is 300 g/mol. The molecule has 7 heteroatoms. The second kappa shape index (κ2) is 6.15. The number of aromatic nitrogens is 3. The summed E-state index contributed by atoms with van der Waals surface area (Å²) in [5.74, 6) is 0.886. The van der Waals surface area contributed by atoms with E-state index in [2.05, 4.69) is 25.2 Å². The van der Waals surface area contributed by atoms with Crippen LogP contribution in [-0.4, -0.2) is 57.5 Å². The fourth-order valence-corrected chi connectivity index (χ4v) is 2.56. The number of urea groups is 1. The van der Waals surface area contributed by atoms with Gasteiger partial charge in [0.1, 0.15) is 5.82 Å². The number of nitrogens with zero attached hydrogens (tertiary/aromatic N) is 4. The van der Waals surface area contributed by atoms with E-state index in [-0.39, 0.29) is 12.1 Å². The molecule has 2 aromatic heterocycles. The predicted molar refractivity (Wildman–Crippen MR) is 83.5 cm³/mol. The number of H-pyrrole nitrogens is 1. The third-order valence-corrected chi connectivity index (χ3v) is 3.93. The number of amides is 2. The molecule has 0 aliphatic carbocycles. The van der Waals surface area contributed by atoms with Gasteiger partial charge >= 0.3 is 6.03 Å². The normalized spacial score (nSPS) is 19.2. The highest BCUT2D eigenvalue weighted by Crippen LogP contribution is 2.21. The zero-order chi connectivity index (χ0) is 15.5. The summed E-state index contributed by atoms with van der Waals surface area (Å²) in [6.45, 7) is 4.03. The number of imidazole rings is 1. The fraction of sp³-hybridized carbons (Fsp3) is 0.400. The molecule has 2 aromatic rings. The molecule has 22 heavy (non-hydrogen) atoms. The molecular weight excluding hydrogens is 280 g/mol. The van der Waals surface area contributed by atoms with Crippen LogP contribution in [0.25, 0.3) is 0 Å². The standard InChI is InChI=1S/C15H20N6O/c1-11-3-4-12(9-18-11)19-15(22)21-8-7-20(2)13(10-21)14-16-5-6-17-14/h3-6,9,13H,7-8,10H2,1-2H3,(H,16,17)(H,19,22).